The fourth-order valence-corrected chi connectivity index (χ4v) is 2.52. The molecule has 2 aromatic carbocycles. The number of phenols is 1. The molecule has 0 fully saturated rings. The second-order valence-electron chi connectivity index (χ2n) is 3.56. The van der Waals surface area contributed by atoms with Gasteiger partial charge in [0, 0.05) is 10.8 Å². The van der Waals surface area contributed by atoms with Crippen LogP contribution in [-0.4, -0.2) is 18.1 Å². The van der Waals surface area contributed by atoms with E-state index in [0.717, 1.165) is 0 Å². The van der Waals surface area contributed by atoms with Gasteiger partial charge in [0.05, 0.1) is 0 Å². The first-order valence-electron chi connectivity index (χ1n) is 4.60. The maximum absolute atomic E-state index is 11.2. The molecule has 2 aromatic rings. The monoisotopic (exact) mass is 238 g/mol. The van der Waals surface area contributed by atoms with Gasteiger partial charge in [0.25, 0.3) is 10.1 Å². The summed E-state index contributed by atoms with van der Waals surface area (Å²) in [5, 5.41) is 10.4. The van der Waals surface area contributed by atoms with E-state index in [1.165, 1.54) is 18.2 Å². The van der Waals surface area contributed by atoms with Crippen LogP contribution in [0.3, 0.4) is 0 Å². The van der Waals surface area contributed by atoms with Crippen LogP contribution >= 0.6 is 0 Å². The van der Waals surface area contributed by atoms with Gasteiger partial charge in [0.2, 0.25) is 0 Å². The summed E-state index contributed by atoms with van der Waals surface area (Å²) < 4.78 is 31.5. The van der Waals surface area contributed by atoms with Crippen LogP contribution in [0.1, 0.15) is 5.56 Å². The lowest BCUT2D eigenvalue weighted by Crippen LogP contribution is -1.99. The fourth-order valence-electron chi connectivity index (χ4n) is 1.74. The predicted molar refractivity (Wildman–Crippen MR) is 60.2 cm³/mol. The molecule has 16 heavy (non-hydrogen) atoms. The Hall–Kier alpha value is -1.59. The number of aryl methyl sites for hydroxylation is 1. The van der Waals surface area contributed by atoms with Crippen LogP contribution in [0.15, 0.2) is 35.2 Å². The second-order valence-corrected chi connectivity index (χ2v) is 4.95. The molecule has 5 heteroatoms. The molecule has 84 valence electrons. The zero-order valence-corrected chi connectivity index (χ0v) is 9.32. The topological polar surface area (TPSA) is 74.6 Å². The Kier molecular flexibility index (Phi) is 2.36. The van der Waals surface area contributed by atoms with Crippen molar-refractivity contribution in [3.8, 4) is 5.75 Å². The SMILES string of the molecule is Cc1ccc(O)c2cccc(S(=O)(=O)O)c12. The molecule has 0 saturated heterocycles. The van der Waals surface area contributed by atoms with Gasteiger partial charge >= 0.3 is 0 Å². The lowest BCUT2D eigenvalue weighted by Gasteiger charge is -2.08. The Morgan fingerprint density at radius 3 is 2.44 bits per heavy atom. The summed E-state index contributed by atoms with van der Waals surface area (Å²) in [6.45, 7) is 1.72. The lowest BCUT2D eigenvalue weighted by molar-refractivity contribution is 0.481. The maximum atomic E-state index is 11.2. The number of phenolic OH excluding ortho intramolecular Hbond substituents is 1. The summed E-state index contributed by atoms with van der Waals surface area (Å²) in [5.74, 6) is -0.00824. The number of hydrogen-bond donors (Lipinski definition) is 2. The van der Waals surface area contributed by atoms with Crippen LogP contribution < -0.4 is 0 Å². The second kappa shape index (κ2) is 3.47. The van der Waals surface area contributed by atoms with Crippen molar-refractivity contribution in [1.29, 1.82) is 0 Å². The molecule has 0 radical (unpaired) electrons. The average molecular weight is 238 g/mol. The standard InChI is InChI=1S/C11H10O4S/c1-7-5-6-9(12)8-3-2-4-10(11(7)8)16(13,14)15/h2-6,12H,1H3,(H,13,14,15). The quantitative estimate of drug-likeness (QED) is 0.746. The minimum atomic E-state index is -4.28. The van der Waals surface area contributed by atoms with Crippen LogP contribution in [0.2, 0.25) is 0 Å². The molecular weight excluding hydrogens is 228 g/mol. The summed E-state index contributed by atoms with van der Waals surface area (Å²) in [6.07, 6.45) is 0. The highest BCUT2D eigenvalue weighted by Gasteiger charge is 2.16. The van der Waals surface area contributed by atoms with Crippen LogP contribution in [0.4, 0.5) is 0 Å². The van der Waals surface area contributed by atoms with Gasteiger partial charge in [-0.2, -0.15) is 8.42 Å². The molecule has 0 aliphatic rings. The molecule has 0 amide bonds. The molecule has 0 unspecified atom stereocenters. The van der Waals surface area contributed by atoms with Gasteiger partial charge in [-0.1, -0.05) is 18.2 Å². The van der Waals surface area contributed by atoms with Gasteiger partial charge in [0.15, 0.2) is 0 Å². The third kappa shape index (κ3) is 1.64. The van der Waals surface area contributed by atoms with Crippen LogP contribution in [0.5, 0.6) is 5.75 Å². The van der Waals surface area contributed by atoms with Crippen molar-refractivity contribution in [2.45, 2.75) is 11.8 Å². The molecule has 0 aliphatic carbocycles. The first-order chi connectivity index (χ1) is 7.41. The summed E-state index contributed by atoms with van der Waals surface area (Å²) in [7, 11) is -4.28. The summed E-state index contributed by atoms with van der Waals surface area (Å²) in [5.41, 5.74) is 0.682. The van der Waals surface area contributed by atoms with Gasteiger partial charge in [-0.3, -0.25) is 4.55 Å². The predicted octanol–water partition coefficient (Wildman–Crippen LogP) is 2.10. The van der Waals surface area contributed by atoms with Crippen LogP contribution in [0, 0.1) is 6.92 Å². The van der Waals surface area contributed by atoms with Crippen LogP contribution in [0.25, 0.3) is 10.8 Å². The van der Waals surface area contributed by atoms with Crippen molar-refractivity contribution in [3.05, 3.63) is 35.9 Å². The van der Waals surface area contributed by atoms with Crippen molar-refractivity contribution in [3.63, 3.8) is 0 Å². The Morgan fingerprint density at radius 2 is 1.81 bits per heavy atom. The molecule has 2 N–H and O–H groups in total. The minimum Gasteiger partial charge on any atom is -0.507 e. The Balaban J connectivity index is 3.04. The number of rotatable bonds is 1. The average Bonchev–Trinajstić information content (AvgIpc) is 2.22. The van der Waals surface area contributed by atoms with Crippen molar-refractivity contribution >= 4 is 20.9 Å². The number of fused-ring (bicyclic) bond motifs is 1. The largest absolute Gasteiger partial charge is 0.507 e. The van der Waals surface area contributed by atoms with E-state index in [2.05, 4.69) is 0 Å². The highest BCUT2D eigenvalue weighted by Crippen LogP contribution is 2.31. The molecule has 0 aliphatic heterocycles. The van der Waals surface area contributed by atoms with E-state index in [0.29, 0.717) is 16.3 Å². The van der Waals surface area contributed by atoms with Gasteiger partial charge in [-0.05, 0) is 24.6 Å². The minimum absolute atomic E-state index is 0.00824. The van der Waals surface area contributed by atoms with Gasteiger partial charge < -0.3 is 5.11 Å². The summed E-state index contributed by atoms with van der Waals surface area (Å²) in [6, 6.07) is 7.48. The molecule has 0 atom stereocenters. The van der Waals surface area contributed by atoms with Crippen molar-refractivity contribution in [2.75, 3.05) is 0 Å². The van der Waals surface area contributed by atoms with Crippen molar-refractivity contribution in [1.82, 2.24) is 0 Å². The van der Waals surface area contributed by atoms with E-state index < -0.39 is 10.1 Å². The Labute approximate surface area is 92.9 Å². The Bertz CT molecular complexity index is 659. The normalized spacial score (nSPS) is 11.9. The van der Waals surface area contributed by atoms with E-state index in [1.54, 1.807) is 19.1 Å². The van der Waals surface area contributed by atoms with Crippen molar-refractivity contribution in [2.24, 2.45) is 0 Å². The van der Waals surface area contributed by atoms with Gasteiger partial charge in [-0.15, -0.1) is 0 Å². The Morgan fingerprint density at radius 1 is 1.12 bits per heavy atom. The first kappa shape index (κ1) is 10.9. The van der Waals surface area contributed by atoms with E-state index >= 15 is 0 Å². The zero-order valence-electron chi connectivity index (χ0n) is 8.51. The lowest BCUT2D eigenvalue weighted by atomic mass is 10.0. The van der Waals surface area contributed by atoms with Gasteiger partial charge in [-0.25, -0.2) is 0 Å². The highest BCUT2D eigenvalue weighted by molar-refractivity contribution is 7.86. The highest BCUT2D eigenvalue weighted by atomic mass is 32.2. The van der Waals surface area contributed by atoms with E-state index in [4.69, 9.17) is 4.55 Å². The van der Waals surface area contributed by atoms with E-state index in [-0.39, 0.29) is 10.6 Å². The molecule has 0 heterocycles. The molecule has 0 aromatic heterocycles. The molecular formula is C11H10O4S. The molecule has 2 rings (SSSR count). The maximum Gasteiger partial charge on any atom is 0.295 e. The molecule has 0 bridgehead atoms. The third-order valence-corrected chi connectivity index (χ3v) is 3.36. The van der Waals surface area contributed by atoms with Crippen molar-refractivity contribution < 1.29 is 18.1 Å². The zero-order chi connectivity index (χ0) is 11.9. The summed E-state index contributed by atoms with van der Waals surface area (Å²) in [4.78, 5) is -0.182. The van der Waals surface area contributed by atoms with E-state index in [1.807, 2.05) is 0 Å². The number of hydrogen-bond acceptors (Lipinski definition) is 3. The third-order valence-electron chi connectivity index (χ3n) is 2.47. The first-order valence-corrected chi connectivity index (χ1v) is 6.04. The van der Waals surface area contributed by atoms with E-state index in [9.17, 15) is 13.5 Å². The fraction of sp³-hybridized carbons (Fsp3) is 0.0909. The molecule has 0 spiro atoms. The molecule has 0 saturated carbocycles. The van der Waals surface area contributed by atoms with Crippen LogP contribution in [-0.2, 0) is 10.1 Å². The smallest absolute Gasteiger partial charge is 0.295 e. The number of aromatic hydroxyl groups is 1. The number of benzene rings is 2. The summed E-state index contributed by atoms with van der Waals surface area (Å²) >= 11 is 0. The van der Waals surface area contributed by atoms with Gasteiger partial charge in [0.1, 0.15) is 10.6 Å². The molecule has 4 nitrogen and oxygen atoms in total.